The highest BCUT2D eigenvalue weighted by molar-refractivity contribution is 5.98. The number of hydrogen-bond donors (Lipinski definition) is 2. The molecule has 1 heterocycles. The van der Waals surface area contributed by atoms with Gasteiger partial charge < -0.3 is 9.64 Å². The third-order valence-electron chi connectivity index (χ3n) is 5.34. The molecule has 6 nitrogen and oxygen atoms in total. The minimum Gasteiger partial charge on any atom is -0.497 e. The number of piperidine rings is 1. The highest BCUT2D eigenvalue weighted by Crippen LogP contribution is 2.26. The molecule has 0 aromatic heterocycles. The normalized spacial score (nSPS) is 15.0. The van der Waals surface area contributed by atoms with Crippen molar-refractivity contribution in [3.8, 4) is 5.75 Å². The van der Waals surface area contributed by atoms with Crippen LogP contribution in [0.5, 0.6) is 5.75 Å². The second-order valence-corrected chi connectivity index (χ2v) is 7.09. The first-order chi connectivity index (χ1) is 13.1. The molecule has 1 aliphatic heterocycles. The minimum atomic E-state index is -0.337. The molecular weight excluding hydrogens is 344 g/mol. The number of ether oxygens (including phenoxy) is 1. The molecule has 0 spiro atoms. The Labute approximate surface area is 159 Å². The molecule has 2 aromatic carbocycles. The highest BCUT2D eigenvalue weighted by Gasteiger charge is 2.23. The van der Waals surface area contributed by atoms with Gasteiger partial charge in [-0.05, 0) is 66.6 Å². The molecule has 0 unspecified atom stereocenters. The Morgan fingerprint density at radius 1 is 1.15 bits per heavy atom. The summed E-state index contributed by atoms with van der Waals surface area (Å²) in [6, 6.07) is 11.6. The number of carbonyl (C=O) groups is 2. The van der Waals surface area contributed by atoms with E-state index in [4.69, 9.17) is 9.94 Å². The number of hydroxylamine groups is 1. The third-order valence-corrected chi connectivity index (χ3v) is 5.34. The fraction of sp³-hybridized carbons (Fsp3) is 0.429. The van der Waals surface area contributed by atoms with Gasteiger partial charge in [0.2, 0.25) is 5.91 Å². The lowest BCUT2D eigenvalue weighted by molar-refractivity contribution is -0.129. The molecular formula is C21H26N2O4. The molecule has 0 aliphatic carbocycles. The van der Waals surface area contributed by atoms with E-state index in [1.54, 1.807) is 12.6 Å². The summed E-state index contributed by atoms with van der Waals surface area (Å²) in [5.74, 6) is 1.08. The monoisotopic (exact) mass is 370 g/mol. The summed E-state index contributed by atoms with van der Waals surface area (Å²) in [7, 11) is 1.64. The predicted octanol–water partition coefficient (Wildman–Crippen LogP) is 3.38. The molecule has 2 N–H and O–H groups in total. The summed E-state index contributed by atoms with van der Waals surface area (Å²) in [5.41, 5.74) is 2.38. The Hall–Kier alpha value is -2.60. The van der Waals surface area contributed by atoms with Crippen molar-refractivity contribution in [1.29, 1.82) is 0 Å². The molecule has 1 saturated heterocycles. The van der Waals surface area contributed by atoms with Crippen molar-refractivity contribution >= 4 is 22.6 Å². The molecule has 2 amide bonds. The molecule has 0 atom stereocenters. The lowest BCUT2D eigenvalue weighted by Gasteiger charge is -2.32. The molecule has 0 radical (unpaired) electrons. The van der Waals surface area contributed by atoms with Crippen LogP contribution in [-0.4, -0.2) is 42.1 Å². The summed E-state index contributed by atoms with van der Waals surface area (Å²) in [5, 5.41) is 10.6. The van der Waals surface area contributed by atoms with Crippen molar-refractivity contribution in [2.75, 3.05) is 20.2 Å². The average Bonchev–Trinajstić information content (AvgIpc) is 2.72. The van der Waals surface area contributed by atoms with E-state index < -0.39 is 0 Å². The van der Waals surface area contributed by atoms with Crippen LogP contribution in [0.1, 0.15) is 42.5 Å². The van der Waals surface area contributed by atoms with Crippen molar-refractivity contribution < 1.29 is 19.5 Å². The van der Waals surface area contributed by atoms with Crippen LogP contribution in [0.15, 0.2) is 36.4 Å². The fourth-order valence-electron chi connectivity index (χ4n) is 3.70. The summed E-state index contributed by atoms with van der Waals surface area (Å²) in [6.45, 7) is 1.49. The largest absolute Gasteiger partial charge is 0.497 e. The number of nitrogens with zero attached hydrogens (tertiary/aromatic N) is 1. The number of rotatable bonds is 6. The molecule has 6 heteroatoms. The van der Waals surface area contributed by atoms with E-state index in [-0.39, 0.29) is 11.8 Å². The van der Waals surface area contributed by atoms with Crippen molar-refractivity contribution in [1.82, 2.24) is 10.4 Å². The van der Waals surface area contributed by atoms with Crippen molar-refractivity contribution in [3.05, 3.63) is 42.0 Å². The number of nitrogens with one attached hydrogen (secondary N) is 1. The van der Waals surface area contributed by atoms with Crippen LogP contribution in [0.25, 0.3) is 10.8 Å². The number of fused-ring (bicyclic) bond motifs is 1. The van der Waals surface area contributed by atoms with Gasteiger partial charge in [-0.2, -0.15) is 0 Å². The zero-order valence-electron chi connectivity index (χ0n) is 15.6. The van der Waals surface area contributed by atoms with E-state index in [1.807, 2.05) is 41.3 Å². The molecule has 0 saturated carbocycles. The van der Waals surface area contributed by atoms with Gasteiger partial charge in [-0.1, -0.05) is 12.1 Å². The molecule has 3 rings (SSSR count). The van der Waals surface area contributed by atoms with Gasteiger partial charge in [-0.25, -0.2) is 5.48 Å². The van der Waals surface area contributed by atoms with E-state index in [1.165, 1.54) is 0 Å². The Morgan fingerprint density at radius 3 is 2.56 bits per heavy atom. The lowest BCUT2D eigenvalue weighted by atomic mass is 9.91. The van der Waals surface area contributed by atoms with Crippen LogP contribution in [0.2, 0.25) is 0 Å². The smallest absolute Gasteiger partial charge is 0.253 e. The predicted molar refractivity (Wildman–Crippen MR) is 103 cm³/mol. The van der Waals surface area contributed by atoms with Crippen molar-refractivity contribution in [3.63, 3.8) is 0 Å². The topological polar surface area (TPSA) is 78.9 Å². The Morgan fingerprint density at radius 2 is 1.85 bits per heavy atom. The first-order valence-corrected chi connectivity index (χ1v) is 9.40. The van der Waals surface area contributed by atoms with E-state index in [0.29, 0.717) is 17.9 Å². The van der Waals surface area contributed by atoms with Gasteiger partial charge in [-0.15, -0.1) is 0 Å². The minimum absolute atomic E-state index is 0.0748. The van der Waals surface area contributed by atoms with Gasteiger partial charge in [0, 0.05) is 25.1 Å². The molecule has 144 valence electrons. The standard InChI is InChI=1S/C21H26N2O4/c1-27-19-8-7-16-13-18(6-5-17(16)14-19)21(25)23-11-9-15(10-12-23)3-2-4-20(24)22-26/h5-8,13-15,26H,2-4,9-12H2,1H3,(H,22,24). The van der Waals surface area contributed by atoms with Crippen LogP contribution in [0, 0.1) is 5.92 Å². The van der Waals surface area contributed by atoms with Crippen LogP contribution in [-0.2, 0) is 4.79 Å². The quantitative estimate of drug-likeness (QED) is 0.604. The number of hydrogen-bond acceptors (Lipinski definition) is 4. The van der Waals surface area contributed by atoms with Crippen LogP contribution < -0.4 is 10.2 Å². The van der Waals surface area contributed by atoms with Crippen molar-refractivity contribution in [2.24, 2.45) is 5.92 Å². The molecule has 1 fully saturated rings. The van der Waals surface area contributed by atoms with E-state index >= 15 is 0 Å². The lowest BCUT2D eigenvalue weighted by Crippen LogP contribution is -2.38. The number of methoxy groups -OCH3 is 1. The maximum atomic E-state index is 12.8. The Bertz CT molecular complexity index is 813. The number of likely N-dealkylation sites (tertiary alicyclic amines) is 1. The molecule has 1 aliphatic rings. The zero-order valence-corrected chi connectivity index (χ0v) is 15.6. The van der Waals surface area contributed by atoms with Gasteiger partial charge in [0.25, 0.3) is 5.91 Å². The fourth-order valence-corrected chi connectivity index (χ4v) is 3.70. The van der Waals surface area contributed by atoms with Crippen molar-refractivity contribution in [2.45, 2.75) is 32.1 Å². The number of carbonyl (C=O) groups excluding carboxylic acids is 2. The number of benzene rings is 2. The van der Waals surface area contributed by atoms with Gasteiger partial charge >= 0.3 is 0 Å². The Balaban J connectivity index is 1.56. The summed E-state index contributed by atoms with van der Waals surface area (Å²) < 4.78 is 5.24. The van der Waals surface area contributed by atoms with Crippen LogP contribution in [0.4, 0.5) is 0 Å². The maximum Gasteiger partial charge on any atom is 0.253 e. The van der Waals surface area contributed by atoms with E-state index in [9.17, 15) is 9.59 Å². The average molecular weight is 370 g/mol. The summed E-state index contributed by atoms with van der Waals surface area (Å²) in [6.07, 6.45) is 3.97. The first kappa shape index (κ1) is 19.2. The molecule has 27 heavy (non-hydrogen) atoms. The SMILES string of the molecule is COc1ccc2cc(C(=O)N3CCC(CCCC(=O)NO)CC3)ccc2c1. The number of amides is 2. The zero-order chi connectivity index (χ0) is 19.2. The van der Waals surface area contributed by atoms with Crippen LogP contribution in [0.3, 0.4) is 0 Å². The highest BCUT2D eigenvalue weighted by atomic mass is 16.5. The summed E-state index contributed by atoms with van der Waals surface area (Å²) in [4.78, 5) is 25.8. The summed E-state index contributed by atoms with van der Waals surface area (Å²) >= 11 is 0. The van der Waals surface area contributed by atoms with Gasteiger partial charge in [0.15, 0.2) is 0 Å². The Kier molecular flexibility index (Phi) is 6.29. The third kappa shape index (κ3) is 4.77. The van der Waals surface area contributed by atoms with E-state index in [0.717, 1.165) is 55.3 Å². The van der Waals surface area contributed by atoms with Gasteiger partial charge in [0.05, 0.1) is 7.11 Å². The second-order valence-electron chi connectivity index (χ2n) is 7.09. The first-order valence-electron chi connectivity index (χ1n) is 9.40. The van der Waals surface area contributed by atoms with E-state index in [2.05, 4.69) is 0 Å². The molecule has 2 aromatic rings. The molecule has 0 bridgehead atoms. The van der Waals surface area contributed by atoms with Gasteiger partial charge in [-0.3, -0.25) is 14.8 Å². The van der Waals surface area contributed by atoms with Crippen LogP contribution >= 0.6 is 0 Å². The maximum absolute atomic E-state index is 12.8. The second kappa shape index (κ2) is 8.86. The van der Waals surface area contributed by atoms with Gasteiger partial charge in [0.1, 0.15) is 5.75 Å².